The summed E-state index contributed by atoms with van der Waals surface area (Å²) in [5.74, 6) is 1.55. The third kappa shape index (κ3) is 4.11. The van der Waals surface area contributed by atoms with Crippen molar-refractivity contribution in [1.29, 1.82) is 0 Å². The van der Waals surface area contributed by atoms with E-state index in [0.29, 0.717) is 5.92 Å². The maximum Gasteiger partial charge on any atom is 0.317 e. The normalized spacial score (nSPS) is 28.7. The van der Waals surface area contributed by atoms with E-state index in [4.69, 9.17) is 5.11 Å². The molecule has 0 aromatic rings. The second-order valence-corrected chi connectivity index (χ2v) is 7.21. The molecule has 2 N–H and O–H groups in total. The van der Waals surface area contributed by atoms with Crippen molar-refractivity contribution in [2.45, 2.75) is 52.0 Å². The summed E-state index contributed by atoms with van der Waals surface area (Å²) >= 11 is 0. The highest BCUT2D eigenvalue weighted by Crippen LogP contribution is 2.48. The van der Waals surface area contributed by atoms with Gasteiger partial charge >= 0.3 is 12.0 Å². The predicted octanol–water partition coefficient (Wildman–Crippen LogP) is 2.56. The minimum absolute atomic E-state index is 0.0224. The molecule has 2 aliphatic rings. The van der Waals surface area contributed by atoms with E-state index in [2.05, 4.69) is 5.32 Å². The summed E-state index contributed by atoms with van der Waals surface area (Å²) in [6.45, 7) is 4.67. The molecule has 2 bridgehead atoms. The Kier molecular flexibility index (Phi) is 5.12. The van der Waals surface area contributed by atoms with Crippen LogP contribution in [0.4, 0.5) is 4.79 Å². The van der Waals surface area contributed by atoms with E-state index >= 15 is 0 Å². The predicted molar refractivity (Wildman–Crippen MR) is 81.0 cm³/mol. The van der Waals surface area contributed by atoms with Gasteiger partial charge in [0.05, 0.1) is 6.42 Å². The van der Waals surface area contributed by atoms with Gasteiger partial charge in [0.1, 0.15) is 0 Å². The Hall–Kier alpha value is -1.26. The van der Waals surface area contributed by atoms with Gasteiger partial charge in [0.25, 0.3) is 0 Å². The molecule has 2 fully saturated rings. The minimum Gasteiger partial charge on any atom is -0.481 e. The molecule has 2 amide bonds. The summed E-state index contributed by atoms with van der Waals surface area (Å²) in [5, 5.41) is 11.8. The van der Waals surface area contributed by atoms with Crippen molar-refractivity contribution in [2.24, 2.45) is 23.7 Å². The fourth-order valence-corrected chi connectivity index (χ4v) is 3.95. The van der Waals surface area contributed by atoms with Crippen LogP contribution in [0, 0.1) is 23.7 Å². The molecule has 0 saturated heterocycles. The minimum atomic E-state index is -0.871. The third-order valence-corrected chi connectivity index (χ3v) is 5.25. The van der Waals surface area contributed by atoms with Gasteiger partial charge in [-0.15, -0.1) is 0 Å². The molecule has 0 spiro atoms. The highest BCUT2D eigenvalue weighted by Gasteiger charge is 2.40. The Labute approximate surface area is 127 Å². The first-order chi connectivity index (χ1) is 9.86. The first-order valence-corrected chi connectivity index (χ1v) is 8.10. The zero-order valence-corrected chi connectivity index (χ0v) is 13.3. The summed E-state index contributed by atoms with van der Waals surface area (Å²) in [4.78, 5) is 24.9. The number of urea groups is 1. The number of carbonyl (C=O) groups excluding carboxylic acids is 1. The average molecular weight is 296 g/mol. The van der Waals surface area contributed by atoms with Gasteiger partial charge in [0.15, 0.2) is 0 Å². The highest BCUT2D eigenvalue weighted by molar-refractivity contribution is 5.75. The zero-order chi connectivity index (χ0) is 15.6. The Morgan fingerprint density at radius 1 is 1.29 bits per heavy atom. The Balaban J connectivity index is 1.82. The van der Waals surface area contributed by atoms with E-state index in [9.17, 15) is 9.59 Å². The average Bonchev–Trinajstić information content (AvgIpc) is 2.99. The largest absolute Gasteiger partial charge is 0.481 e. The maximum atomic E-state index is 12.3. The topological polar surface area (TPSA) is 69.6 Å². The van der Waals surface area contributed by atoms with Gasteiger partial charge in [0.2, 0.25) is 0 Å². The molecular formula is C16H28N2O3. The van der Waals surface area contributed by atoms with E-state index in [1.165, 1.54) is 25.7 Å². The van der Waals surface area contributed by atoms with Crippen LogP contribution in [0.2, 0.25) is 0 Å². The molecule has 2 saturated carbocycles. The Bertz CT molecular complexity index is 397. The number of carboxylic acids is 1. The molecule has 0 heterocycles. The van der Waals surface area contributed by atoms with Crippen LogP contribution in [0.3, 0.4) is 0 Å². The number of carboxylic acid groups (broad SMARTS) is 1. The van der Waals surface area contributed by atoms with Gasteiger partial charge in [-0.05, 0) is 42.9 Å². The fraction of sp³-hybridized carbons (Fsp3) is 0.875. The molecular weight excluding hydrogens is 268 g/mol. The molecule has 0 aromatic carbocycles. The molecule has 4 atom stereocenters. The van der Waals surface area contributed by atoms with Crippen molar-refractivity contribution in [3.63, 3.8) is 0 Å². The molecule has 2 rings (SSSR count). The van der Waals surface area contributed by atoms with Crippen LogP contribution in [0.5, 0.6) is 0 Å². The summed E-state index contributed by atoms with van der Waals surface area (Å²) in [6, 6.07) is -0.449. The molecule has 0 aromatic heterocycles. The number of hydrogen-bond donors (Lipinski definition) is 2. The monoisotopic (exact) mass is 296 g/mol. The van der Waals surface area contributed by atoms with Gasteiger partial charge in [0, 0.05) is 19.6 Å². The number of aliphatic carboxylic acids is 1. The van der Waals surface area contributed by atoms with Crippen molar-refractivity contribution in [3.05, 3.63) is 0 Å². The molecule has 0 aliphatic heterocycles. The number of amides is 2. The summed E-state index contributed by atoms with van der Waals surface area (Å²) < 4.78 is 0. The lowest BCUT2D eigenvalue weighted by atomic mass is 9.88. The van der Waals surface area contributed by atoms with Crippen LogP contribution in [-0.2, 0) is 4.79 Å². The Morgan fingerprint density at radius 2 is 2.00 bits per heavy atom. The SMILES string of the molecule is CC(C)C(CC(=O)O)NC(=O)N(C)CC1CC2CCC1C2. The smallest absolute Gasteiger partial charge is 0.317 e. The van der Waals surface area contributed by atoms with Crippen molar-refractivity contribution in [3.8, 4) is 0 Å². The van der Waals surface area contributed by atoms with Crippen LogP contribution < -0.4 is 5.32 Å². The Morgan fingerprint density at radius 3 is 2.48 bits per heavy atom. The van der Waals surface area contributed by atoms with Crippen LogP contribution in [-0.4, -0.2) is 41.6 Å². The summed E-state index contributed by atoms with van der Waals surface area (Å²) in [6.07, 6.45) is 5.26. The number of nitrogens with one attached hydrogen (secondary N) is 1. The standard InChI is InChI=1S/C16H28N2O3/c1-10(2)14(8-15(19)20)17-16(21)18(3)9-13-7-11-4-5-12(13)6-11/h10-14H,4-9H2,1-3H3,(H,17,21)(H,19,20). The molecule has 21 heavy (non-hydrogen) atoms. The fourth-order valence-electron chi connectivity index (χ4n) is 3.95. The van der Waals surface area contributed by atoms with Crippen molar-refractivity contribution >= 4 is 12.0 Å². The molecule has 4 unspecified atom stereocenters. The van der Waals surface area contributed by atoms with Gasteiger partial charge in [-0.25, -0.2) is 4.79 Å². The second kappa shape index (κ2) is 6.67. The van der Waals surface area contributed by atoms with Gasteiger partial charge < -0.3 is 15.3 Å². The zero-order valence-electron chi connectivity index (χ0n) is 13.3. The van der Waals surface area contributed by atoms with E-state index in [1.54, 1.807) is 4.90 Å². The molecule has 5 nitrogen and oxygen atoms in total. The number of fused-ring (bicyclic) bond motifs is 2. The van der Waals surface area contributed by atoms with Crippen molar-refractivity contribution < 1.29 is 14.7 Å². The van der Waals surface area contributed by atoms with E-state index in [0.717, 1.165) is 18.4 Å². The third-order valence-electron chi connectivity index (χ3n) is 5.25. The lowest BCUT2D eigenvalue weighted by Crippen LogP contribution is -2.47. The number of hydrogen-bond acceptors (Lipinski definition) is 2. The summed E-state index contributed by atoms with van der Waals surface area (Å²) in [7, 11) is 1.82. The molecule has 5 heteroatoms. The number of rotatable bonds is 6. The van der Waals surface area contributed by atoms with Crippen LogP contribution in [0.25, 0.3) is 0 Å². The number of carbonyl (C=O) groups is 2. The van der Waals surface area contributed by atoms with Gasteiger partial charge in [-0.1, -0.05) is 20.3 Å². The van der Waals surface area contributed by atoms with E-state index in [1.807, 2.05) is 20.9 Å². The van der Waals surface area contributed by atoms with Gasteiger partial charge in [-0.3, -0.25) is 4.79 Å². The first kappa shape index (κ1) is 16.1. The van der Waals surface area contributed by atoms with Crippen LogP contribution in [0.1, 0.15) is 46.0 Å². The molecule has 2 aliphatic carbocycles. The summed E-state index contributed by atoms with van der Waals surface area (Å²) in [5.41, 5.74) is 0. The molecule has 0 radical (unpaired) electrons. The first-order valence-electron chi connectivity index (χ1n) is 8.10. The van der Waals surface area contributed by atoms with Crippen LogP contribution in [0.15, 0.2) is 0 Å². The lowest BCUT2D eigenvalue weighted by molar-refractivity contribution is -0.137. The number of nitrogens with zero attached hydrogens (tertiary/aromatic N) is 1. The molecule has 120 valence electrons. The second-order valence-electron chi connectivity index (χ2n) is 7.21. The van der Waals surface area contributed by atoms with E-state index in [-0.39, 0.29) is 24.4 Å². The highest BCUT2D eigenvalue weighted by atomic mass is 16.4. The van der Waals surface area contributed by atoms with Crippen LogP contribution >= 0.6 is 0 Å². The quantitative estimate of drug-likeness (QED) is 0.791. The van der Waals surface area contributed by atoms with Crippen molar-refractivity contribution in [2.75, 3.05) is 13.6 Å². The van der Waals surface area contributed by atoms with E-state index < -0.39 is 5.97 Å². The lowest BCUT2D eigenvalue weighted by Gasteiger charge is -2.29. The van der Waals surface area contributed by atoms with Gasteiger partial charge in [-0.2, -0.15) is 0 Å². The maximum absolute atomic E-state index is 12.3. The van der Waals surface area contributed by atoms with Crippen molar-refractivity contribution in [1.82, 2.24) is 10.2 Å².